The number of carbonyl (C=O) groups is 1. The largest absolute Gasteiger partial charge is 0.394 e. The molecule has 19 heteroatoms. The van der Waals surface area contributed by atoms with Crippen LogP contribution in [0.1, 0.15) is 239 Å². The lowest BCUT2D eigenvalue weighted by Gasteiger charge is -2.48. The van der Waals surface area contributed by atoms with E-state index in [9.17, 15) is 61.0 Å². The van der Waals surface area contributed by atoms with E-state index in [1.807, 2.05) is 6.08 Å². The summed E-state index contributed by atoms with van der Waals surface area (Å²) in [6.45, 7) is 1.64. The standard InChI is InChI=1S/C69H123NO18/c1-3-5-7-9-11-13-15-17-18-19-20-21-22-23-24-25-26-27-28-29-30-31-32-33-34-35-37-39-41-43-45-47-57(75)70-52(53(74)46-44-42-40-38-36-16-14-12-10-8-6-4-2)51-83-67-63(81)60(78)65(55(49-72)85-67)88-69-64(82)61(79)66(56(50-73)86-69)87-68-62(80)59(77)58(76)54(48-71)84-68/h10,12,15,17,19-20,36,38,44,46,52-56,58-69,71-74,76-82H,3-9,11,13-14,16,18,21-35,37,39-43,45,47-51H2,1-2H3,(H,70,75)/b12-10+,17-15-,20-19-,38-36+,46-44+. The van der Waals surface area contributed by atoms with E-state index in [2.05, 4.69) is 67.8 Å². The lowest BCUT2D eigenvalue weighted by atomic mass is 9.96. The Balaban J connectivity index is 1.37. The first-order chi connectivity index (χ1) is 42.8. The van der Waals surface area contributed by atoms with Crippen LogP contribution >= 0.6 is 0 Å². The van der Waals surface area contributed by atoms with Crippen LogP contribution in [0.4, 0.5) is 0 Å². The maximum atomic E-state index is 13.4. The second-order valence-corrected chi connectivity index (χ2v) is 24.6. The van der Waals surface area contributed by atoms with Gasteiger partial charge in [-0.3, -0.25) is 4.79 Å². The summed E-state index contributed by atoms with van der Waals surface area (Å²) in [7, 11) is 0. The minimum atomic E-state index is -1.98. The van der Waals surface area contributed by atoms with Gasteiger partial charge in [-0.05, 0) is 70.6 Å². The van der Waals surface area contributed by atoms with E-state index in [0.717, 1.165) is 51.4 Å². The zero-order chi connectivity index (χ0) is 64.0. The number of nitrogens with one attached hydrogen (secondary N) is 1. The second kappa shape index (κ2) is 51.0. The molecular weight excluding hydrogens is 1130 g/mol. The van der Waals surface area contributed by atoms with Crippen molar-refractivity contribution in [1.29, 1.82) is 0 Å². The number of amides is 1. The van der Waals surface area contributed by atoms with Crippen molar-refractivity contribution < 1.29 is 89.4 Å². The third-order valence-electron chi connectivity index (χ3n) is 17.0. The molecule has 17 atom stereocenters. The number of rotatable bonds is 52. The lowest BCUT2D eigenvalue weighted by Crippen LogP contribution is -2.66. The van der Waals surface area contributed by atoms with Gasteiger partial charge in [0.2, 0.25) is 5.91 Å². The van der Waals surface area contributed by atoms with E-state index in [1.165, 1.54) is 154 Å². The Bertz CT molecular complexity index is 1830. The van der Waals surface area contributed by atoms with Gasteiger partial charge in [-0.15, -0.1) is 0 Å². The van der Waals surface area contributed by atoms with Gasteiger partial charge < -0.3 is 89.9 Å². The summed E-state index contributed by atoms with van der Waals surface area (Å²) in [5, 5.41) is 120. The van der Waals surface area contributed by atoms with Crippen molar-refractivity contribution in [3.05, 3.63) is 60.8 Å². The first-order valence-corrected chi connectivity index (χ1v) is 34.5. The number of hydrogen-bond donors (Lipinski definition) is 12. The van der Waals surface area contributed by atoms with Gasteiger partial charge in [0.1, 0.15) is 73.2 Å². The van der Waals surface area contributed by atoms with Crippen LogP contribution in [0.15, 0.2) is 60.8 Å². The fourth-order valence-electron chi connectivity index (χ4n) is 11.4. The van der Waals surface area contributed by atoms with Crippen LogP contribution in [-0.2, 0) is 33.2 Å². The van der Waals surface area contributed by atoms with Gasteiger partial charge in [-0.1, -0.05) is 222 Å². The summed E-state index contributed by atoms with van der Waals surface area (Å²) in [6, 6.07) is -0.996. The number of unbranched alkanes of at least 4 members (excludes halogenated alkanes) is 28. The Hall–Kier alpha value is -2.51. The SMILES string of the molecule is CCCC/C=C/CC/C=C/CC/C=C/C(O)C(COC1OC(CO)C(OC2OC(CO)C(OC3OC(CO)C(O)C(O)C3O)C(O)C2O)C(O)C1O)NC(=O)CCCCCCCCCCCCCCCCCCCCC/C=C\C/C=C\CCCCCCC. The molecule has 512 valence electrons. The molecule has 17 unspecified atom stereocenters. The molecule has 0 spiro atoms. The molecule has 3 fully saturated rings. The van der Waals surface area contributed by atoms with E-state index in [1.54, 1.807) is 6.08 Å². The molecule has 19 nitrogen and oxygen atoms in total. The molecule has 0 aromatic heterocycles. The number of aliphatic hydroxyl groups excluding tert-OH is 11. The van der Waals surface area contributed by atoms with Gasteiger partial charge in [-0.2, -0.15) is 0 Å². The van der Waals surface area contributed by atoms with E-state index in [4.69, 9.17) is 28.4 Å². The Labute approximate surface area is 528 Å². The fraction of sp³-hybridized carbons (Fsp3) is 0.841. The first kappa shape index (κ1) is 79.7. The minimum Gasteiger partial charge on any atom is -0.394 e. The molecular formula is C69H123NO18. The van der Waals surface area contributed by atoms with Crippen molar-refractivity contribution in [1.82, 2.24) is 5.32 Å². The van der Waals surface area contributed by atoms with Crippen molar-refractivity contribution in [2.24, 2.45) is 0 Å². The van der Waals surface area contributed by atoms with Gasteiger partial charge in [0.15, 0.2) is 18.9 Å². The van der Waals surface area contributed by atoms with Gasteiger partial charge in [-0.25, -0.2) is 0 Å². The molecule has 3 rings (SSSR count). The molecule has 3 saturated heterocycles. The molecule has 0 saturated carbocycles. The van der Waals surface area contributed by atoms with Crippen LogP contribution < -0.4 is 5.32 Å². The summed E-state index contributed by atoms with van der Waals surface area (Å²) in [5.41, 5.74) is 0. The van der Waals surface area contributed by atoms with Gasteiger partial charge in [0.25, 0.3) is 0 Å². The molecule has 0 radical (unpaired) electrons. The Kier molecular flexibility index (Phi) is 46.2. The van der Waals surface area contributed by atoms with Crippen molar-refractivity contribution in [2.45, 2.75) is 343 Å². The van der Waals surface area contributed by atoms with E-state index in [0.29, 0.717) is 12.8 Å². The maximum absolute atomic E-state index is 13.4. The summed E-state index contributed by atoms with van der Waals surface area (Å²) in [5.74, 6) is -0.290. The van der Waals surface area contributed by atoms with Crippen LogP contribution in [0.25, 0.3) is 0 Å². The van der Waals surface area contributed by atoms with Crippen LogP contribution in [0.2, 0.25) is 0 Å². The topological polar surface area (TPSA) is 307 Å². The molecule has 88 heavy (non-hydrogen) atoms. The zero-order valence-electron chi connectivity index (χ0n) is 53.9. The Morgan fingerprint density at radius 2 is 0.773 bits per heavy atom. The maximum Gasteiger partial charge on any atom is 0.220 e. The monoisotopic (exact) mass is 1250 g/mol. The highest BCUT2D eigenvalue weighted by atomic mass is 16.8. The van der Waals surface area contributed by atoms with Gasteiger partial charge >= 0.3 is 0 Å². The first-order valence-electron chi connectivity index (χ1n) is 34.5. The predicted octanol–water partition coefficient (Wildman–Crippen LogP) is 8.77. The average Bonchev–Trinajstić information content (AvgIpc) is 1.20. The number of hydrogen-bond acceptors (Lipinski definition) is 18. The quantitative estimate of drug-likeness (QED) is 0.0200. The van der Waals surface area contributed by atoms with E-state index >= 15 is 0 Å². The van der Waals surface area contributed by atoms with Crippen LogP contribution in [0.3, 0.4) is 0 Å². The Morgan fingerprint density at radius 3 is 1.24 bits per heavy atom. The Morgan fingerprint density at radius 1 is 0.409 bits per heavy atom. The van der Waals surface area contributed by atoms with Crippen molar-refractivity contribution in [2.75, 3.05) is 26.4 Å². The van der Waals surface area contributed by atoms with Crippen LogP contribution in [0, 0.1) is 0 Å². The smallest absolute Gasteiger partial charge is 0.220 e. The van der Waals surface area contributed by atoms with Crippen molar-refractivity contribution >= 4 is 5.91 Å². The highest BCUT2D eigenvalue weighted by Gasteiger charge is 2.53. The zero-order valence-corrected chi connectivity index (χ0v) is 53.9. The number of aliphatic hydroxyl groups is 11. The molecule has 3 aliphatic rings. The van der Waals surface area contributed by atoms with Crippen molar-refractivity contribution in [3.63, 3.8) is 0 Å². The van der Waals surface area contributed by atoms with Crippen LogP contribution in [-0.4, -0.2) is 193 Å². The highest BCUT2D eigenvalue weighted by molar-refractivity contribution is 5.76. The van der Waals surface area contributed by atoms with E-state index in [-0.39, 0.29) is 18.9 Å². The van der Waals surface area contributed by atoms with Crippen LogP contribution in [0.5, 0.6) is 0 Å². The molecule has 3 aliphatic heterocycles. The molecule has 0 aromatic carbocycles. The molecule has 3 heterocycles. The molecule has 0 bridgehead atoms. The van der Waals surface area contributed by atoms with Gasteiger partial charge in [0.05, 0.1) is 38.6 Å². The average molecular weight is 1250 g/mol. The summed E-state index contributed by atoms with van der Waals surface area (Å²) < 4.78 is 34.3. The number of carbonyl (C=O) groups excluding carboxylic acids is 1. The van der Waals surface area contributed by atoms with Gasteiger partial charge in [0, 0.05) is 6.42 Å². The van der Waals surface area contributed by atoms with E-state index < -0.39 is 124 Å². The predicted molar refractivity (Wildman–Crippen MR) is 342 cm³/mol. The third kappa shape index (κ3) is 32.9. The molecule has 1 amide bonds. The van der Waals surface area contributed by atoms with Crippen molar-refractivity contribution in [3.8, 4) is 0 Å². The summed E-state index contributed by atoms with van der Waals surface area (Å²) >= 11 is 0. The molecule has 0 aromatic rings. The number of allylic oxidation sites excluding steroid dienone is 9. The minimum absolute atomic E-state index is 0.232. The molecule has 12 N–H and O–H groups in total. The number of ether oxygens (including phenoxy) is 6. The summed E-state index contributed by atoms with van der Waals surface area (Å²) in [4.78, 5) is 13.4. The third-order valence-corrected chi connectivity index (χ3v) is 17.0. The normalized spacial score (nSPS) is 28.8. The summed E-state index contributed by atoms with van der Waals surface area (Å²) in [6.07, 6.45) is 35.2. The fourth-order valence-corrected chi connectivity index (χ4v) is 11.4. The highest BCUT2D eigenvalue weighted by Crippen LogP contribution is 2.33. The molecule has 0 aliphatic carbocycles. The lowest BCUT2D eigenvalue weighted by molar-refractivity contribution is -0.379. The second-order valence-electron chi connectivity index (χ2n) is 24.6.